The molecule has 72 valence electrons. The third-order valence-corrected chi connectivity index (χ3v) is 1.37. The lowest BCUT2D eigenvalue weighted by Gasteiger charge is -1.96. The van der Waals surface area contributed by atoms with Crippen molar-refractivity contribution in [2.24, 2.45) is 11.5 Å². The first-order chi connectivity index (χ1) is 5.91. The maximum atomic E-state index is 4.62. The first-order valence-corrected chi connectivity index (χ1v) is 4.42. The van der Waals surface area contributed by atoms with E-state index in [0.717, 1.165) is 0 Å². The maximum Gasteiger partial charge on any atom is 0.160 e. The molecule has 0 saturated heterocycles. The third-order valence-electron chi connectivity index (χ3n) is 1.37. The monoisotopic (exact) mass is 196 g/mol. The lowest BCUT2D eigenvalue weighted by atomic mass is 10.1. The Hall–Kier alpha value is -1.09. The summed E-state index contributed by atoms with van der Waals surface area (Å²) in [5, 5.41) is 0.000000000000000222. The van der Waals surface area contributed by atoms with Crippen LogP contribution in [0.4, 0.5) is 0 Å². The van der Waals surface area contributed by atoms with Crippen LogP contribution >= 0.6 is 12.2 Å². The predicted octanol–water partition coefficient (Wildman–Crippen LogP) is 1.80. The van der Waals surface area contributed by atoms with Crippen LogP contribution in [0.2, 0.25) is 0 Å². The smallest absolute Gasteiger partial charge is 0.160 e. The molecule has 3 heteroatoms. The zero-order chi connectivity index (χ0) is 10.4. The van der Waals surface area contributed by atoms with E-state index in [0.29, 0.717) is 0 Å². The van der Waals surface area contributed by atoms with Gasteiger partial charge >= 0.3 is 0 Å². The first kappa shape index (κ1) is 11.9. The van der Waals surface area contributed by atoms with E-state index in [1.54, 1.807) is 0 Å². The summed E-state index contributed by atoms with van der Waals surface area (Å²) in [5.41, 5.74) is 13.3. The minimum atomic E-state index is 0.000000000000000222. The van der Waals surface area contributed by atoms with Crippen LogP contribution in [0.1, 0.15) is 16.7 Å². The first-order valence-electron chi connectivity index (χ1n) is 4.01. The molecule has 0 radical (unpaired) electrons. The molecule has 0 amide bonds. The molecule has 0 aliphatic carbocycles. The largest absolute Gasteiger partial charge is 0.377 e. The topological polar surface area (TPSA) is 52.0 Å². The molecule has 1 rings (SSSR count). The van der Waals surface area contributed by atoms with Crippen LogP contribution in [-0.2, 0) is 0 Å². The van der Waals surface area contributed by atoms with Crippen molar-refractivity contribution in [2.45, 2.75) is 20.8 Å². The molecule has 0 bridgehead atoms. The van der Waals surface area contributed by atoms with E-state index < -0.39 is 0 Å². The van der Waals surface area contributed by atoms with Crippen LogP contribution in [0.5, 0.6) is 0 Å². The number of rotatable bonds is 0. The van der Waals surface area contributed by atoms with E-state index >= 15 is 0 Å². The average molecular weight is 196 g/mol. The molecule has 2 nitrogen and oxygen atoms in total. The maximum absolute atomic E-state index is 4.62. The lowest BCUT2D eigenvalue weighted by Crippen LogP contribution is -2.18. The number of hydrogen-bond acceptors (Lipinski definition) is 1. The van der Waals surface area contributed by atoms with Crippen LogP contribution in [0, 0.1) is 20.8 Å². The highest BCUT2D eigenvalue weighted by molar-refractivity contribution is 7.80. The van der Waals surface area contributed by atoms with E-state index in [1.807, 2.05) is 0 Å². The van der Waals surface area contributed by atoms with Gasteiger partial charge in [-0.3, -0.25) is 0 Å². The second-order valence-electron chi connectivity index (χ2n) is 3.07. The van der Waals surface area contributed by atoms with Gasteiger partial charge in [-0.25, -0.2) is 0 Å². The second-order valence-corrected chi connectivity index (χ2v) is 3.54. The summed E-state index contributed by atoms with van der Waals surface area (Å²) in [6.07, 6.45) is 0. The Labute approximate surface area is 84.9 Å². The van der Waals surface area contributed by atoms with Gasteiger partial charge in [0.05, 0.1) is 0 Å². The standard InChI is InChI=1S/C9H12.CH4N2S/c1-7-4-8(2)6-9(3)5-7;2-1(3)4/h4-6H,1-3H3;(H4,2,3,4). The minimum absolute atomic E-state index is 0.000000000000000222. The molecular weight excluding hydrogens is 180 g/mol. The molecular formula is C10H16N2S. The summed E-state index contributed by atoms with van der Waals surface area (Å²) >= 11 is 4.09. The molecule has 0 aromatic heterocycles. The van der Waals surface area contributed by atoms with Gasteiger partial charge in [0.1, 0.15) is 0 Å². The van der Waals surface area contributed by atoms with Crippen LogP contribution in [-0.4, -0.2) is 5.11 Å². The number of thiocarbonyl (C=S) groups is 1. The summed E-state index contributed by atoms with van der Waals surface area (Å²) in [6, 6.07) is 6.56. The Bertz CT molecular complexity index is 240. The molecule has 0 saturated carbocycles. The van der Waals surface area contributed by atoms with Crippen molar-refractivity contribution in [2.75, 3.05) is 0 Å². The normalized spacial score (nSPS) is 8.54. The highest BCUT2D eigenvalue weighted by Crippen LogP contribution is 2.06. The summed E-state index contributed by atoms with van der Waals surface area (Å²) < 4.78 is 0. The molecule has 1 aromatic carbocycles. The van der Waals surface area contributed by atoms with Crippen LogP contribution in [0.3, 0.4) is 0 Å². The van der Waals surface area contributed by atoms with Crippen molar-refractivity contribution in [3.63, 3.8) is 0 Å². The Morgan fingerprint density at radius 3 is 1.23 bits per heavy atom. The van der Waals surface area contributed by atoms with Gasteiger partial charge in [0.2, 0.25) is 0 Å². The second kappa shape index (κ2) is 5.54. The summed E-state index contributed by atoms with van der Waals surface area (Å²) in [5.74, 6) is 0. The minimum Gasteiger partial charge on any atom is -0.377 e. The number of aryl methyl sites for hydroxylation is 3. The SMILES string of the molecule is Cc1cc(C)cc(C)c1.NC(N)=S. The highest BCUT2D eigenvalue weighted by atomic mass is 32.1. The molecule has 1 aromatic rings. The zero-order valence-corrected chi connectivity index (χ0v) is 9.11. The zero-order valence-electron chi connectivity index (χ0n) is 8.29. The fraction of sp³-hybridized carbons (Fsp3) is 0.300. The molecule has 0 unspecified atom stereocenters. The van der Waals surface area contributed by atoms with Gasteiger partial charge in [0.25, 0.3) is 0 Å². The fourth-order valence-electron chi connectivity index (χ4n) is 1.20. The van der Waals surface area contributed by atoms with Gasteiger partial charge in [-0.1, -0.05) is 34.9 Å². The van der Waals surface area contributed by atoms with E-state index in [4.69, 9.17) is 0 Å². The Morgan fingerprint density at radius 2 is 1.08 bits per heavy atom. The van der Waals surface area contributed by atoms with Crippen molar-refractivity contribution in [3.8, 4) is 0 Å². The van der Waals surface area contributed by atoms with Crippen molar-refractivity contribution < 1.29 is 0 Å². The van der Waals surface area contributed by atoms with E-state index in [9.17, 15) is 0 Å². The van der Waals surface area contributed by atoms with Gasteiger partial charge in [-0.15, -0.1) is 0 Å². The molecule has 4 N–H and O–H groups in total. The van der Waals surface area contributed by atoms with Crippen molar-refractivity contribution in [1.82, 2.24) is 0 Å². The Morgan fingerprint density at radius 1 is 0.923 bits per heavy atom. The van der Waals surface area contributed by atoms with Crippen LogP contribution < -0.4 is 11.5 Å². The van der Waals surface area contributed by atoms with Gasteiger partial charge in [-0.2, -0.15) is 0 Å². The van der Waals surface area contributed by atoms with E-state index in [2.05, 4.69) is 62.7 Å². The van der Waals surface area contributed by atoms with E-state index in [1.165, 1.54) is 16.7 Å². The molecule has 13 heavy (non-hydrogen) atoms. The van der Waals surface area contributed by atoms with Gasteiger partial charge in [0, 0.05) is 0 Å². The van der Waals surface area contributed by atoms with Crippen molar-refractivity contribution >= 4 is 17.3 Å². The van der Waals surface area contributed by atoms with Gasteiger partial charge in [0.15, 0.2) is 5.11 Å². The number of nitrogens with two attached hydrogens (primary N) is 2. The molecule has 0 heterocycles. The molecule has 0 aliphatic rings. The summed E-state index contributed by atoms with van der Waals surface area (Å²) in [4.78, 5) is 0. The molecule has 0 fully saturated rings. The Balaban J connectivity index is 0.000000310. The average Bonchev–Trinajstić information content (AvgIpc) is 1.80. The van der Waals surface area contributed by atoms with Gasteiger partial charge in [-0.05, 0) is 33.0 Å². The van der Waals surface area contributed by atoms with Crippen LogP contribution in [0.25, 0.3) is 0 Å². The molecule has 0 atom stereocenters. The fourth-order valence-corrected chi connectivity index (χ4v) is 1.20. The quantitative estimate of drug-likeness (QED) is 0.622. The third kappa shape index (κ3) is 7.28. The van der Waals surface area contributed by atoms with Crippen LogP contribution in [0.15, 0.2) is 18.2 Å². The molecule has 0 aliphatic heterocycles. The lowest BCUT2D eigenvalue weighted by molar-refractivity contribution is 1.32. The van der Waals surface area contributed by atoms with Crippen molar-refractivity contribution in [1.29, 1.82) is 0 Å². The Kier molecular flexibility index (Phi) is 5.07. The highest BCUT2D eigenvalue weighted by Gasteiger charge is 1.87. The van der Waals surface area contributed by atoms with E-state index in [-0.39, 0.29) is 5.11 Å². The molecule has 0 spiro atoms. The van der Waals surface area contributed by atoms with Crippen molar-refractivity contribution in [3.05, 3.63) is 34.9 Å². The summed E-state index contributed by atoms with van der Waals surface area (Å²) in [6.45, 7) is 6.38. The number of hydrogen-bond donors (Lipinski definition) is 2. The number of benzene rings is 1. The van der Waals surface area contributed by atoms with Gasteiger partial charge < -0.3 is 11.5 Å². The summed E-state index contributed by atoms with van der Waals surface area (Å²) in [7, 11) is 0. The predicted molar refractivity (Wildman–Crippen MR) is 61.6 cm³/mol.